The first kappa shape index (κ1) is 21.1. The van der Waals surface area contributed by atoms with Gasteiger partial charge < -0.3 is 25.6 Å². The molecule has 0 bridgehead atoms. The summed E-state index contributed by atoms with van der Waals surface area (Å²) in [6.07, 6.45) is -0.495. The number of β-amino-alcohol motifs (C(OH)–C–C–N with tert-alkyl or cyclic N) is 1. The van der Waals surface area contributed by atoms with Gasteiger partial charge in [0.2, 0.25) is 0 Å². The van der Waals surface area contributed by atoms with Crippen LogP contribution in [0.2, 0.25) is 0 Å². The van der Waals surface area contributed by atoms with Crippen molar-refractivity contribution in [2.75, 3.05) is 11.9 Å². The van der Waals surface area contributed by atoms with E-state index in [1.165, 1.54) is 0 Å². The quantitative estimate of drug-likeness (QED) is 0.522. The Balaban J connectivity index is 1.99. The molecule has 0 spiro atoms. The minimum absolute atomic E-state index is 0.0651. The van der Waals surface area contributed by atoms with Gasteiger partial charge in [-0.2, -0.15) is 0 Å². The monoisotopic (exact) mass is 372 g/mol. The van der Waals surface area contributed by atoms with Crippen LogP contribution in [0.3, 0.4) is 0 Å². The second kappa shape index (κ2) is 9.11. The van der Waals surface area contributed by atoms with E-state index >= 15 is 0 Å². The van der Waals surface area contributed by atoms with Gasteiger partial charge in [0.1, 0.15) is 11.5 Å². The van der Waals surface area contributed by atoms with E-state index in [0.29, 0.717) is 18.8 Å². The van der Waals surface area contributed by atoms with Crippen molar-refractivity contribution in [1.82, 2.24) is 5.32 Å². The van der Waals surface area contributed by atoms with Crippen LogP contribution in [0.5, 0.6) is 11.5 Å². The lowest BCUT2D eigenvalue weighted by atomic mass is 10.1. The van der Waals surface area contributed by atoms with Crippen LogP contribution >= 0.6 is 0 Å². The Morgan fingerprint density at radius 1 is 1.04 bits per heavy atom. The predicted octanol–water partition coefficient (Wildman–Crippen LogP) is 4.21. The highest BCUT2D eigenvalue weighted by molar-refractivity contribution is 5.58. The fourth-order valence-electron chi connectivity index (χ4n) is 2.58. The maximum absolute atomic E-state index is 10.4. The van der Waals surface area contributed by atoms with Crippen molar-refractivity contribution >= 4 is 5.69 Å². The van der Waals surface area contributed by atoms with Crippen molar-refractivity contribution in [3.05, 3.63) is 53.6 Å². The number of aromatic hydroxyl groups is 1. The summed E-state index contributed by atoms with van der Waals surface area (Å²) in [7, 11) is 0. The Morgan fingerprint density at radius 2 is 1.70 bits per heavy atom. The SMILES string of the molecule is CC(C)Oc1ccc(CNc2cc(C(O)CNC(C)(C)C)ccc2O)cc1. The lowest BCUT2D eigenvalue weighted by Crippen LogP contribution is -2.38. The average Bonchev–Trinajstić information content (AvgIpc) is 2.59. The standard InChI is InChI=1S/C22H32N2O3/c1-15(2)27-18-9-6-16(7-10-18)13-23-19-12-17(8-11-20(19)25)21(26)14-24-22(3,4)5/h6-12,15,21,23-26H,13-14H2,1-5H3. The summed E-state index contributed by atoms with van der Waals surface area (Å²) in [5.74, 6) is 1.00. The van der Waals surface area contributed by atoms with Gasteiger partial charge in [-0.15, -0.1) is 0 Å². The van der Waals surface area contributed by atoms with E-state index in [1.807, 2.05) is 38.1 Å². The van der Waals surface area contributed by atoms with Crippen molar-refractivity contribution in [3.8, 4) is 11.5 Å². The molecule has 0 radical (unpaired) electrons. The molecule has 0 saturated carbocycles. The van der Waals surface area contributed by atoms with Crippen molar-refractivity contribution in [3.63, 3.8) is 0 Å². The minimum Gasteiger partial charge on any atom is -0.506 e. The molecule has 1 unspecified atom stereocenters. The van der Waals surface area contributed by atoms with Gasteiger partial charge in [-0.25, -0.2) is 0 Å². The molecule has 5 heteroatoms. The zero-order valence-corrected chi connectivity index (χ0v) is 16.9. The van der Waals surface area contributed by atoms with E-state index in [2.05, 4.69) is 31.4 Å². The number of aliphatic hydroxyl groups excluding tert-OH is 1. The van der Waals surface area contributed by atoms with Gasteiger partial charge in [0.15, 0.2) is 0 Å². The molecule has 148 valence electrons. The van der Waals surface area contributed by atoms with Gasteiger partial charge in [-0.05, 0) is 70.0 Å². The van der Waals surface area contributed by atoms with Gasteiger partial charge in [-0.1, -0.05) is 18.2 Å². The van der Waals surface area contributed by atoms with Crippen LogP contribution in [-0.2, 0) is 6.54 Å². The van der Waals surface area contributed by atoms with E-state index in [0.717, 1.165) is 16.9 Å². The molecular formula is C22H32N2O3. The Morgan fingerprint density at radius 3 is 2.30 bits per heavy atom. The fraction of sp³-hybridized carbons (Fsp3) is 0.455. The predicted molar refractivity (Wildman–Crippen MR) is 110 cm³/mol. The van der Waals surface area contributed by atoms with Crippen LogP contribution in [0.25, 0.3) is 0 Å². The van der Waals surface area contributed by atoms with Crippen LogP contribution in [0.15, 0.2) is 42.5 Å². The molecule has 0 heterocycles. The molecule has 0 aliphatic rings. The highest BCUT2D eigenvalue weighted by atomic mass is 16.5. The Labute approximate surface area is 162 Å². The van der Waals surface area contributed by atoms with Crippen LogP contribution in [0.4, 0.5) is 5.69 Å². The maximum atomic E-state index is 10.4. The molecule has 0 saturated heterocycles. The average molecular weight is 373 g/mol. The largest absolute Gasteiger partial charge is 0.506 e. The number of hydrogen-bond donors (Lipinski definition) is 4. The molecule has 0 aromatic heterocycles. The number of ether oxygens (including phenoxy) is 1. The van der Waals surface area contributed by atoms with E-state index in [9.17, 15) is 10.2 Å². The van der Waals surface area contributed by atoms with Gasteiger partial charge in [0.25, 0.3) is 0 Å². The molecule has 2 rings (SSSR count). The van der Waals surface area contributed by atoms with Crippen LogP contribution in [0.1, 0.15) is 51.8 Å². The molecular weight excluding hydrogens is 340 g/mol. The van der Waals surface area contributed by atoms with Gasteiger partial charge >= 0.3 is 0 Å². The lowest BCUT2D eigenvalue weighted by molar-refractivity contribution is 0.163. The second-order valence-corrected chi connectivity index (χ2v) is 8.09. The second-order valence-electron chi connectivity index (χ2n) is 8.09. The number of benzene rings is 2. The smallest absolute Gasteiger partial charge is 0.138 e. The molecule has 0 amide bonds. The van der Waals surface area contributed by atoms with E-state index < -0.39 is 6.10 Å². The minimum atomic E-state index is -0.641. The first-order valence-corrected chi connectivity index (χ1v) is 9.39. The zero-order chi connectivity index (χ0) is 20.0. The highest BCUT2D eigenvalue weighted by Gasteiger charge is 2.15. The molecule has 4 N–H and O–H groups in total. The third-order valence-corrected chi connectivity index (χ3v) is 4.01. The van der Waals surface area contributed by atoms with E-state index in [1.54, 1.807) is 18.2 Å². The first-order chi connectivity index (χ1) is 12.6. The van der Waals surface area contributed by atoms with Crippen LogP contribution < -0.4 is 15.4 Å². The number of phenols is 1. The van der Waals surface area contributed by atoms with Gasteiger partial charge in [0, 0.05) is 18.6 Å². The van der Waals surface area contributed by atoms with Crippen molar-refractivity contribution in [2.45, 2.75) is 58.9 Å². The number of nitrogens with one attached hydrogen (secondary N) is 2. The van der Waals surface area contributed by atoms with E-state index in [-0.39, 0.29) is 17.4 Å². The lowest BCUT2D eigenvalue weighted by Gasteiger charge is -2.23. The Bertz CT molecular complexity index is 721. The zero-order valence-electron chi connectivity index (χ0n) is 16.9. The Kier molecular flexibility index (Phi) is 7.11. The number of anilines is 1. The number of rotatable bonds is 8. The van der Waals surface area contributed by atoms with E-state index in [4.69, 9.17) is 4.74 Å². The normalized spacial score (nSPS) is 12.9. The van der Waals surface area contributed by atoms with Crippen molar-refractivity contribution in [1.29, 1.82) is 0 Å². The van der Waals surface area contributed by atoms with Crippen molar-refractivity contribution < 1.29 is 14.9 Å². The third kappa shape index (κ3) is 7.12. The summed E-state index contributed by atoms with van der Waals surface area (Å²) in [4.78, 5) is 0. The summed E-state index contributed by atoms with van der Waals surface area (Å²) in [6.45, 7) is 11.2. The molecule has 0 fully saturated rings. The summed E-state index contributed by atoms with van der Waals surface area (Å²) >= 11 is 0. The van der Waals surface area contributed by atoms with Crippen molar-refractivity contribution in [2.24, 2.45) is 0 Å². The molecule has 27 heavy (non-hydrogen) atoms. The number of phenolic OH excluding ortho intramolecular Hbond substituents is 1. The van der Waals surface area contributed by atoms with Gasteiger partial charge in [-0.3, -0.25) is 0 Å². The topological polar surface area (TPSA) is 73.8 Å². The van der Waals surface area contributed by atoms with Gasteiger partial charge in [0.05, 0.1) is 17.9 Å². The Hall–Kier alpha value is -2.24. The third-order valence-electron chi connectivity index (χ3n) is 4.01. The summed E-state index contributed by atoms with van der Waals surface area (Å²) < 4.78 is 5.65. The first-order valence-electron chi connectivity index (χ1n) is 9.39. The highest BCUT2D eigenvalue weighted by Crippen LogP contribution is 2.28. The van der Waals surface area contributed by atoms with Crippen LogP contribution in [-0.4, -0.2) is 28.4 Å². The number of hydrogen-bond acceptors (Lipinski definition) is 5. The molecule has 0 aliphatic heterocycles. The fourth-order valence-corrected chi connectivity index (χ4v) is 2.58. The summed E-state index contributed by atoms with van der Waals surface area (Å²) in [6, 6.07) is 13.0. The molecule has 2 aromatic rings. The maximum Gasteiger partial charge on any atom is 0.138 e. The van der Waals surface area contributed by atoms with Crippen LogP contribution in [0, 0.1) is 0 Å². The summed E-state index contributed by atoms with van der Waals surface area (Å²) in [5.41, 5.74) is 2.37. The molecule has 0 aliphatic carbocycles. The molecule has 1 atom stereocenters. The molecule has 5 nitrogen and oxygen atoms in total. The number of aliphatic hydroxyl groups is 1. The summed E-state index contributed by atoms with van der Waals surface area (Å²) in [5, 5.41) is 27.0. The molecule has 2 aromatic carbocycles.